The van der Waals surface area contributed by atoms with Crippen molar-refractivity contribution in [2.75, 3.05) is 18.4 Å². The van der Waals surface area contributed by atoms with Crippen molar-refractivity contribution >= 4 is 34.8 Å². The van der Waals surface area contributed by atoms with E-state index in [-0.39, 0.29) is 16.9 Å². The van der Waals surface area contributed by atoms with E-state index in [0.717, 1.165) is 31.5 Å². The fraction of sp³-hybridized carbons (Fsp3) is 0.318. The van der Waals surface area contributed by atoms with Crippen molar-refractivity contribution in [2.45, 2.75) is 32.6 Å². The highest BCUT2D eigenvalue weighted by Crippen LogP contribution is 2.16. The highest BCUT2D eigenvalue weighted by Gasteiger charge is 2.17. The Bertz CT molecular complexity index is 856. The summed E-state index contributed by atoms with van der Waals surface area (Å²) in [6.07, 6.45) is 4.47. The number of benzene rings is 2. The van der Waals surface area contributed by atoms with E-state index in [1.54, 1.807) is 18.2 Å². The predicted octanol–water partition coefficient (Wildman–Crippen LogP) is 4.14. The van der Waals surface area contributed by atoms with Crippen LogP contribution in [0.2, 0.25) is 0 Å². The van der Waals surface area contributed by atoms with Gasteiger partial charge in [-0.15, -0.1) is 0 Å². The number of carbonyl (C=O) groups is 2. The number of rotatable bonds is 3. The minimum absolute atomic E-state index is 0.0418. The van der Waals surface area contributed by atoms with E-state index < -0.39 is 0 Å². The molecular weight excluding hydrogens is 370 g/mol. The van der Waals surface area contributed by atoms with Gasteiger partial charge in [0.25, 0.3) is 11.8 Å². The fourth-order valence-electron chi connectivity index (χ4n) is 3.23. The molecule has 0 spiro atoms. The molecule has 2 aromatic carbocycles. The molecule has 0 radical (unpaired) electrons. The number of thiocarbonyl (C=S) groups is 1. The summed E-state index contributed by atoms with van der Waals surface area (Å²) in [7, 11) is 0. The van der Waals surface area contributed by atoms with Gasteiger partial charge in [0.1, 0.15) is 0 Å². The van der Waals surface area contributed by atoms with Crippen LogP contribution in [-0.2, 0) is 0 Å². The van der Waals surface area contributed by atoms with Crippen molar-refractivity contribution in [2.24, 2.45) is 0 Å². The van der Waals surface area contributed by atoms with Gasteiger partial charge in [-0.05, 0) is 62.3 Å². The van der Waals surface area contributed by atoms with E-state index in [2.05, 4.69) is 10.6 Å². The number of hydrogen-bond acceptors (Lipinski definition) is 3. The van der Waals surface area contributed by atoms with Crippen LogP contribution >= 0.6 is 12.2 Å². The molecule has 28 heavy (non-hydrogen) atoms. The van der Waals surface area contributed by atoms with Crippen LogP contribution in [0.15, 0.2) is 48.5 Å². The van der Waals surface area contributed by atoms with Gasteiger partial charge in [0.2, 0.25) is 0 Å². The van der Waals surface area contributed by atoms with E-state index in [1.807, 2.05) is 42.2 Å². The van der Waals surface area contributed by atoms with Gasteiger partial charge in [-0.25, -0.2) is 0 Å². The molecule has 0 bridgehead atoms. The first-order valence-corrected chi connectivity index (χ1v) is 10.0. The average Bonchev–Trinajstić information content (AvgIpc) is 2.97. The second-order valence-corrected chi connectivity index (χ2v) is 7.47. The Morgan fingerprint density at radius 1 is 0.929 bits per heavy atom. The number of anilines is 1. The van der Waals surface area contributed by atoms with E-state index >= 15 is 0 Å². The first-order chi connectivity index (χ1) is 13.5. The first kappa shape index (κ1) is 20.0. The highest BCUT2D eigenvalue weighted by molar-refractivity contribution is 7.80. The zero-order chi connectivity index (χ0) is 19.9. The molecule has 3 rings (SSSR count). The van der Waals surface area contributed by atoms with Crippen molar-refractivity contribution in [1.29, 1.82) is 0 Å². The Morgan fingerprint density at radius 3 is 2.29 bits per heavy atom. The van der Waals surface area contributed by atoms with Gasteiger partial charge in [-0.2, -0.15) is 0 Å². The minimum atomic E-state index is -0.269. The summed E-state index contributed by atoms with van der Waals surface area (Å²) in [5.41, 5.74) is 2.93. The lowest BCUT2D eigenvalue weighted by molar-refractivity contribution is 0.0761. The maximum Gasteiger partial charge on any atom is 0.257 e. The second-order valence-electron chi connectivity index (χ2n) is 7.06. The molecule has 2 N–H and O–H groups in total. The van der Waals surface area contributed by atoms with Crippen molar-refractivity contribution in [3.05, 3.63) is 65.2 Å². The molecule has 1 aliphatic rings. The van der Waals surface area contributed by atoms with Crippen LogP contribution in [0.3, 0.4) is 0 Å². The van der Waals surface area contributed by atoms with Crippen molar-refractivity contribution in [1.82, 2.24) is 10.2 Å². The number of aryl methyl sites for hydroxylation is 1. The lowest BCUT2D eigenvalue weighted by Gasteiger charge is -2.20. The molecule has 2 aromatic rings. The maximum atomic E-state index is 12.8. The Labute approximate surface area is 171 Å². The Hall–Kier alpha value is -2.73. The summed E-state index contributed by atoms with van der Waals surface area (Å²) in [6.45, 7) is 3.58. The predicted molar refractivity (Wildman–Crippen MR) is 116 cm³/mol. The monoisotopic (exact) mass is 395 g/mol. The summed E-state index contributed by atoms with van der Waals surface area (Å²) in [6, 6.07) is 14.5. The number of likely N-dealkylation sites (tertiary alicyclic amines) is 1. The average molecular weight is 396 g/mol. The zero-order valence-electron chi connectivity index (χ0n) is 16.0. The summed E-state index contributed by atoms with van der Waals surface area (Å²) < 4.78 is 0. The third-order valence-electron chi connectivity index (χ3n) is 4.80. The van der Waals surface area contributed by atoms with Gasteiger partial charge >= 0.3 is 0 Å². The Kier molecular flexibility index (Phi) is 6.76. The first-order valence-electron chi connectivity index (χ1n) is 9.61. The van der Waals surface area contributed by atoms with Crippen molar-refractivity contribution in [3.63, 3.8) is 0 Å². The molecule has 0 atom stereocenters. The number of amides is 2. The highest BCUT2D eigenvalue weighted by atomic mass is 32.1. The minimum Gasteiger partial charge on any atom is -0.339 e. The van der Waals surface area contributed by atoms with E-state index in [9.17, 15) is 9.59 Å². The maximum absolute atomic E-state index is 12.8. The van der Waals surface area contributed by atoms with E-state index in [4.69, 9.17) is 12.2 Å². The van der Waals surface area contributed by atoms with Gasteiger partial charge in [0, 0.05) is 29.9 Å². The number of hydrogen-bond donors (Lipinski definition) is 2. The molecule has 1 heterocycles. The van der Waals surface area contributed by atoms with Crippen molar-refractivity contribution in [3.8, 4) is 0 Å². The van der Waals surface area contributed by atoms with Gasteiger partial charge in [0.15, 0.2) is 5.11 Å². The Morgan fingerprint density at radius 2 is 1.61 bits per heavy atom. The number of nitrogens with one attached hydrogen (secondary N) is 2. The third-order valence-corrected chi connectivity index (χ3v) is 5.01. The van der Waals surface area contributed by atoms with Crippen LogP contribution in [0.1, 0.15) is 52.0 Å². The SMILES string of the molecule is Cc1ccc(C(=O)NC(=S)Nc2cccc(C(=O)N3CCCCCC3)c2)cc1. The van der Waals surface area contributed by atoms with Gasteiger partial charge in [-0.1, -0.05) is 36.6 Å². The van der Waals surface area contributed by atoms with Gasteiger partial charge < -0.3 is 10.2 Å². The van der Waals surface area contributed by atoms with E-state index in [1.165, 1.54) is 12.8 Å². The second kappa shape index (κ2) is 9.46. The van der Waals surface area contributed by atoms with Crippen LogP contribution < -0.4 is 10.6 Å². The van der Waals surface area contributed by atoms with Crippen LogP contribution in [0.4, 0.5) is 5.69 Å². The summed E-state index contributed by atoms with van der Waals surface area (Å²) in [4.78, 5) is 27.0. The van der Waals surface area contributed by atoms with Crippen LogP contribution in [-0.4, -0.2) is 34.9 Å². The lowest BCUT2D eigenvalue weighted by atomic mass is 10.1. The number of carbonyl (C=O) groups excluding carboxylic acids is 2. The molecule has 1 aliphatic heterocycles. The lowest BCUT2D eigenvalue weighted by Crippen LogP contribution is -2.34. The Balaban J connectivity index is 1.61. The normalized spacial score (nSPS) is 14.1. The molecule has 0 aromatic heterocycles. The molecule has 0 unspecified atom stereocenters. The molecule has 5 nitrogen and oxygen atoms in total. The third kappa shape index (κ3) is 5.39. The van der Waals surface area contributed by atoms with Crippen LogP contribution in [0, 0.1) is 6.92 Å². The molecular formula is C22H25N3O2S. The standard InChI is InChI=1S/C22H25N3O2S/c1-16-9-11-17(12-10-16)20(26)24-22(28)23-19-8-6-7-18(15-19)21(27)25-13-4-2-3-5-14-25/h6-12,15H,2-5,13-14H2,1H3,(H2,23,24,26,28). The van der Waals surface area contributed by atoms with Gasteiger partial charge in [0.05, 0.1) is 0 Å². The summed E-state index contributed by atoms with van der Waals surface area (Å²) in [5.74, 6) is -0.227. The quantitative estimate of drug-likeness (QED) is 0.767. The van der Waals surface area contributed by atoms with Crippen LogP contribution in [0.5, 0.6) is 0 Å². The van der Waals surface area contributed by atoms with Gasteiger partial charge in [-0.3, -0.25) is 14.9 Å². The molecule has 0 aliphatic carbocycles. The topological polar surface area (TPSA) is 61.4 Å². The molecule has 1 saturated heterocycles. The molecule has 146 valence electrons. The van der Waals surface area contributed by atoms with Crippen molar-refractivity contribution < 1.29 is 9.59 Å². The van der Waals surface area contributed by atoms with E-state index in [0.29, 0.717) is 16.8 Å². The largest absolute Gasteiger partial charge is 0.339 e. The summed E-state index contributed by atoms with van der Waals surface area (Å²) in [5, 5.41) is 5.86. The smallest absolute Gasteiger partial charge is 0.257 e. The zero-order valence-corrected chi connectivity index (χ0v) is 16.8. The molecule has 6 heteroatoms. The molecule has 0 saturated carbocycles. The molecule has 1 fully saturated rings. The molecule has 2 amide bonds. The summed E-state index contributed by atoms with van der Waals surface area (Å²) >= 11 is 5.25. The fourth-order valence-corrected chi connectivity index (χ4v) is 3.44. The van der Waals surface area contributed by atoms with Crippen LogP contribution in [0.25, 0.3) is 0 Å². The number of nitrogens with zero attached hydrogens (tertiary/aromatic N) is 1.